The molecular formula is C14H26N2O. The zero-order valence-electron chi connectivity index (χ0n) is 11.0. The van der Waals surface area contributed by atoms with Crippen LogP contribution in [0.4, 0.5) is 0 Å². The molecule has 2 heterocycles. The van der Waals surface area contributed by atoms with E-state index in [2.05, 4.69) is 17.1 Å². The van der Waals surface area contributed by atoms with Crippen LogP contribution in [0.15, 0.2) is 0 Å². The van der Waals surface area contributed by atoms with Gasteiger partial charge in [-0.3, -0.25) is 4.90 Å². The molecule has 2 aliphatic heterocycles. The fourth-order valence-corrected chi connectivity index (χ4v) is 3.88. The van der Waals surface area contributed by atoms with Gasteiger partial charge in [-0.1, -0.05) is 0 Å². The molecule has 98 valence electrons. The zero-order chi connectivity index (χ0) is 11.7. The van der Waals surface area contributed by atoms with Crippen LogP contribution in [0.25, 0.3) is 0 Å². The van der Waals surface area contributed by atoms with Gasteiger partial charge in [0.1, 0.15) is 0 Å². The minimum Gasteiger partial charge on any atom is -0.377 e. The summed E-state index contributed by atoms with van der Waals surface area (Å²) in [7, 11) is 0. The molecule has 4 atom stereocenters. The molecule has 3 rings (SSSR count). The zero-order valence-corrected chi connectivity index (χ0v) is 11.0. The summed E-state index contributed by atoms with van der Waals surface area (Å²) in [5.74, 6) is 1.01. The lowest BCUT2D eigenvalue weighted by atomic mass is 10.1. The number of rotatable bonds is 5. The first-order chi connectivity index (χ1) is 8.33. The molecule has 0 aromatic rings. The molecule has 4 unspecified atom stereocenters. The Morgan fingerprint density at radius 1 is 1.35 bits per heavy atom. The fourth-order valence-electron chi connectivity index (χ4n) is 3.88. The second kappa shape index (κ2) is 5.25. The van der Waals surface area contributed by atoms with Crippen LogP contribution < -0.4 is 5.32 Å². The predicted octanol–water partition coefficient (Wildman–Crippen LogP) is 1.63. The van der Waals surface area contributed by atoms with Gasteiger partial charge in [-0.05, 0) is 44.9 Å². The Kier molecular flexibility index (Phi) is 3.69. The molecule has 3 nitrogen and oxygen atoms in total. The van der Waals surface area contributed by atoms with Crippen LogP contribution >= 0.6 is 0 Å². The van der Waals surface area contributed by atoms with Gasteiger partial charge in [0.2, 0.25) is 0 Å². The van der Waals surface area contributed by atoms with Crippen molar-refractivity contribution >= 4 is 0 Å². The Bertz CT molecular complexity index is 253. The van der Waals surface area contributed by atoms with Crippen LogP contribution in [0.5, 0.6) is 0 Å². The summed E-state index contributed by atoms with van der Waals surface area (Å²) < 4.78 is 5.63. The van der Waals surface area contributed by atoms with E-state index in [1.54, 1.807) is 0 Å². The van der Waals surface area contributed by atoms with Crippen molar-refractivity contribution in [2.75, 3.05) is 26.2 Å². The monoisotopic (exact) mass is 238 g/mol. The molecule has 3 fully saturated rings. The van der Waals surface area contributed by atoms with E-state index in [0.717, 1.165) is 31.7 Å². The number of fused-ring (bicyclic) bond motifs is 2. The van der Waals surface area contributed by atoms with Crippen LogP contribution in [0.3, 0.4) is 0 Å². The van der Waals surface area contributed by atoms with Gasteiger partial charge in [0, 0.05) is 38.3 Å². The summed E-state index contributed by atoms with van der Waals surface area (Å²) in [4.78, 5) is 2.73. The third-order valence-electron chi connectivity index (χ3n) is 4.85. The first-order valence-corrected chi connectivity index (χ1v) is 7.41. The van der Waals surface area contributed by atoms with Crippen LogP contribution in [-0.2, 0) is 4.74 Å². The molecular weight excluding hydrogens is 212 g/mol. The van der Waals surface area contributed by atoms with Crippen molar-refractivity contribution in [1.82, 2.24) is 10.2 Å². The van der Waals surface area contributed by atoms with Crippen LogP contribution in [0.1, 0.15) is 39.0 Å². The van der Waals surface area contributed by atoms with Gasteiger partial charge in [0.15, 0.2) is 0 Å². The number of likely N-dealkylation sites (tertiary alicyclic amines) is 1. The molecule has 3 heteroatoms. The van der Waals surface area contributed by atoms with Crippen LogP contribution in [0.2, 0.25) is 0 Å². The maximum absolute atomic E-state index is 5.63. The molecule has 17 heavy (non-hydrogen) atoms. The van der Waals surface area contributed by atoms with E-state index in [4.69, 9.17) is 4.74 Å². The van der Waals surface area contributed by atoms with Crippen molar-refractivity contribution in [1.29, 1.82) is 0 Å². The van der Waals surface area contributed by atoms with E-state index in [1.807, 2.05) is 0 Å². The highest BCUT2D eigenvalue weighted by molar-refractivity contribution is 4.94. The first-order valence-electron chi connectivity index (χ1n) is 7.41. The predicted molar refractivity (Wildman–Crippen MR) is 69.1 cm³/mol. The Morgan fingerprint density at radius 3 is 2.94 bits per heavy atom. The number of ether oxygens (including phenoxy) is 1. The summed E-state index contributed by atoms with van der Waals surface area (Å²) in [6, 6.07) is 1.60. The fraction of sp³-hybridized carbons (Fsp3) is 1.00. The summed E-state index contributed by atoms with van der Waals surface area (Å²) in [5.41, 5.74) is 0. The number of nitrogens with one attached hydrogen (secondary N) is 1. The minimum atomic E-state index is 0.484. The highest BCUT2D eigenvalue weighted by atomic mass is 16.5. The van der Waals surface area contributed by atoms with Crippen molar-refractivity contribution in [3.8, 4) is 0 Å². The molecule has 1 N–H and O–H groups in total. The van der Waals surface area contributed by atoms with Crippen molar-refractivity contribution in [3.63, 3.8) is 0 Å². The van der Waals surface area contributed by atoms with Gasteiger partial charge in [0.25, 0.3) is 0 Å². The van der Waals surface area contributed by atoms with E-state index in [-0.39, 0.29) is 0 Å². The number of hydrogen-bond donors (Lipinski definition) is 1. The standard InChI is InChI=1S/C14H26N2O/c1-11(8-15-9-14-3-2-6-17-14)16-10-12-4-5-13(16)7-12/h11-15H,2-10H2,1H3. The highest BCUT2D eigenvalue weighted by Crippen LogP contribution is 2.38. The molecule has 0 amide bonds. The SMILES string of the molecule is CC(CNCC1CCCO1)N1CC2CCC1C2. The lowest BCUT2D eigenvalue weighted by molar-refractivity contribution is 0.104. The van der Waals surface area contributed by atoms with Gasteiger partial charge in [-0.25, -0.2) is 0 Å². The topological polar surface area (TPSA) is 24.5 Å². The maximum Gasteiger partial charge on any atom is 0.0700 e. The van der Waals surface area contributed by atoms with Crippen molar-refractivity contribution in [3.05, 3.63) is 0 Å². The highest BCUT2D eigenvalue weighted by Gasteiger charge is 2.39. The smallest absolute Gasteiger partial charge is 0.0700 e. The normalized spacial score (nSPS) is 39.0. The Hall–Kier alpha value is -0.120. The molecule has 2 bridgehead atoms. The lowest BCUT2D eigenvalue weighted by Crippen LogP contribution is -2.45. The molecule has 3 aliphatic rings. The van der Waals surface area contributed by atoms with Crippen molar-refractivity contribution in [2.24, 2.45) is 5.92 Å². The Balaban J connectivity index is 1.37. The summed E-state index contributed by atoms with van der Waals surface area (Å²) in [6.45, 7) is 6.88. The largest absolute Gasteiger partial charge is 0.377 e. The van der Waals surface area contributed by atoms with Gasteiger partial charge in [-0.15, -0.1) is 0 Å². The third kappa shape index (κ3) is 2.67. The van der Waals surface area contributed by atoms with E-state index in [1.165, 1.54) is 38.6 Å². The average molecular weight is 238 g/mol. The number of hydrogen-bond acceptors (Lipinski definition) is 3. The Labute approximate surface area is 105 Å². The van der Waals surface area contributed by atoms with Gasteiger partial charge >= 0.3 is 0 Å². The van der Waals surface area contributed by atoms with Gasteiger partial charge in [-0.2, -0.15) is 0 Å². The summed E-state index contributed by atoms with van der Waals surface area (Å²) in [5, 5.41) is 3.60. The second-order valence-corrected chi connectivity index (χ2v) is 6.17. The third-order valence-corrected chi connectivity index (χ3v) is 4.85. The number of piperidine rings is 1. The van der Waals surface area contributed by atoms with E-state index >= 15 is 0 Å². The molecule has 0 spiro atoms. The summed E-state index contributed by atoms with van der Waals surface area (Å²) in [6.07, 6.45) is 7.37. The number of nitrogens with zero attached hydrogens (tertiary/aromatic N) is 1. The lowest BCUT2D eigenvalue weighted by Gasteiger charge is -2.33. The van der Waals surface area contributed by atoms with Gasteiger partial charge < -0.3 is 10.1 Å². The summed E-state index contributed by atoms with van der Waals surface area (Å²) >= 11 is 0. The quantitative estimate of drug-likeness (QED) is 0.788. The molecule has 0 aromatic carbocycles. The molecule has 1 saturated carbocycles. The van der Waals surface area contributed by atoms with E-state index < -0.39 is 0 Å². The van der Waals surface area contributed by atoms with E-state index in [9.17, 15) is 0 Å². The molecule has 2 saturated heterocycles. The van der Waals surface area contributed by atoms with Crippen molar-refractivity contribution in [2.45, 2.75) is 57.2 Å². The van der Waals surface area contributed by atoms with Crippen LogP contribution in [0, 0.1) is 5.92 Å². The van der Waals surface area contributed by atoms with E-state index in [0.29, 0.717) is 12.1 Å². The first kappa shape index (κ1) is 11.9. The van der Waals surface area contributed by atoms with Crippen molar-refractivity contribution < 1.29 is 4.74 Å². The molecule has 1 aliphatic carbocycles. The Morgan fingerprint density at radius 2 is 2.29 bits per heavy atom. The maximum atomic E-state index is 5.63. The minimum absolute atomic E-state index is 0.484. The van der Waals surface area contributed by atoms with Gasteiger partial charge in [0.05, 0.1) is 6.10 Å². The molecule has 0 aromatic heterocycles. The second-order valence-electron chi connectivity index (χ2n) is 6.17. The molecule has 0 radical (unpaired) electrons. The average Bonchev–Trinajstić information content (AvgIpc) is 3.05. The van der Waals surface area contributed by atoms with Crippen LogP contribution in [-0.4, -0.2) is 49.3 Å².